The van der Waals surface area contributed by atoms with Gasteiger partial charge in [0.15, 0.2) is 0 Å². The fourth-order valence-corrected chi connectivity index (χ4v) is 2.47. The van der Waals surface area contributed by atoms with Gasteiger partial charge in [0, 0.05) is 31.1 Å². The van der Waals surface area contributed by atoms with Crippen LogP contribution in [-0.4, -0.2) is 33.2 Å². The molecule has 6 nitrogen and oxygen atoms in total. The summed E-state index contributed by atoms with van der Waals surface area (Å²) in [4.78, 5) is 32.5. The summed E-state index contributed by atoms with van der Waals surface area (Å²) in [7, 11) is 0. The molecular weight excluding hydrogens is 268 g/mol. The number of nitrogens with one attached hydrogen (secondary N) is 2. The lowest BCUT2D eigenvalue weighted by atomic mass is 10.1. The molecule has 108 valence electrons. The first kappa shape index (κ1) is 13.4. The average Bonchev–Trinajstić information content (AvgIpc) is 2.94. The lowest BCUT2D eigenvalue weighted by Crippen LogP contribution is -2.36. The Morgan fingerprint density at radius 2 is 2.05 bits per heavy atom. The Morgan fingerprint density at radius 3 is 2.76 bits per heavy atom. The van der Waals surface area contributed by atoms with Crippen LogP contribution in [0.4, 0.5) is 5.69 Å². The molecule has 1 aliphatic rings. The number of imidazole rings is 1. The molecule has 0 fully saturated rings. The van der Waals surface area contributed by atoms with Crippen molar-refractivity contribution >= 4 is 17.5 Å². The van der Waals surface area contributed by atoms with Gasteiger partial charge in [0.2, 0.25) is 5.91 Å². The Labute approximate surface area is 122 Å². The molecule has 0 unspecified atom stereocenters. The topological polar surface area (TPSA) is 78.1 Å². The summed E-state index contributed by atoms with van der Waals surface area (Å²) in [6.07, 6.45) is 2.44. The van der Waals surface area contributed by atoms with Gasteiger partial charge in [0.25, 0.3) is 5.91 Å². The van der Waals surface area contributed by atoms with Crippen LogP contribution in [0, 0.1) is 0 Å². The van der Waals surface area contributed by atoms with E-state index in [1.807, 2.05) is 0 Å². The molecular formula is C15H16N4O2. The van der Waals surface area contributed by atoms with E-state index in [9.17, 15) is 9.59 Å². The molecule has 1 aliphatic heterocycles. The van der Waals surface area contributed by atoms with Gasteiger partial charge < -0.3 is 15.2 Å². The summed E-state index contributed by atoms with van der Waals surface area (Å²) >= 11 is 0. The van der Waals surface area contributed by atoms with Gasteiger partial charge in [0.05, 0.1) is 24.3 Å². The van der Waals surface area contributed by atoms with Crippen LogP contribution in [0.25, 0.3) is 0 Å². The number of anilines is 1. The molecule has 3 rings (SSSR count). The maximum atomic E-state index is 12.5. The van der Waals surface area contributed by atoms with Crippen LogP contribution >= 0.6 is 0 Å². The van der Waals surface area contributed by atoms with Gasteiger partial charge in [-0.1, -0.05) is 0 Å². The van der Waals surface area contributed by atoms with Crippen molar-refractivity contribution in [3.8, 4) is 0 Å². The van der Waals surface area contributed by atoms with Crippen molar-refractivity contribution in [1.82, 2.24) is 14.9 Å². The second-order valence-corrected chi connectivity index (χ2v) is 5.06. The number of carbonyl (C=O) groups is 2. The Hall–Kier alpha value is -2.63. The standard InChI is InChI=1S/C15H16N4O2/c1-10(20)18-12-4-2-11(3-5-12)15(21)19-7-6-13-14(8-19)17-9-16-13/h2-5,9H,6-8H2,1H3,(H,16,17)(H,18,20). The number of H-pyrrole nitrogens is 1. The second-order valence-electron chi connectivity index (χ2n) is 5.06. The van der Waals surface area contributed by atoms with E-state index < -0.39 is 0 Å². The van der Waals surface area contributed by atoms with E-state index in [0.29, 0.717) is 24.3 Å². The molecule has 6 heteroatoms. The number of aromatic amines is 1. The smallest absolute Gasteiger partial charge is 0.254 e. The van der Waals surface area contributed by atoms with Gasteiger partial charge in [-0.25, -0.2) is 4.98 Å². The van der Waals surface area contributed by atoms with Gasteiger partial charge in [0.1, 0.15) is 0 Å². The van der Waals surface area contributed by atoms with Gasteiger partial charge in [-0.15, -0.1) is 0 Å². The van der Waals surface area contributed by atoms with Crippen LogP contribution < -0.4 is 5.32 Å². The first-order chi connectivity index (χ1) is 10.1. The third-order valence-corrected chi connectivity index (χ3v) is 3.51. The first-order valence-electron chi connectivity index (χ1n) is 6.81. The Bertz CT molecular complexity index is 675. The fourth-order valence-electron chi connectivity index (χ4n) is 2.47. The summed E-state index contributed by atoms with van der Waals surface area (Å²) < 4.78 is 0. The number of carbonyl (C=O) groups excluding carboxylic acids is 2. The fraction of sp³-hybridized carbons (Fsp3) is 0.267. The predicted molar refractivity (Wildman–Crippen MR) is 77.8 cm³/mol. The third-order valence-electron chi connectivity index (χ3n) is 3.51. The summed E-state index contributed by atoms with van der Waals surface area (Å²) in [5, 5.41) is 2.68. The largest absolute Gasteiger partial charge is 0.347 e. The Balaban J connectivity index is 1.72. The summed E-state index contributed by atoms with van der Waals surface area (Å²) in [5.41, 5.74) is 3.35. The van der Waals surface area contributed by atoms with Crippen molar-refractivity contribution in [2.75, 3.05) is 11.9 Å². The highest BCUT2D eigenvalue weighted by atomic mass is 16.2. The Morgan fingerprint density at radius 1 is 1.29 bits per heavy atom. The van der Waals surface area contributed by atoms with Crippen molar-refractivity contribution in [2.24, 2.45) is 0 Å². The molecule has 0 saturated carbocycles. The highest BCUT2D eigenvalue weighted by Crippen LogP contribution is 2.18. The van der Waals surface area contributed by atoms with E-state index in [1.165, 1.54) is 6.92 Å². The van der Waals surface area contributed by atoms with E-state index in [1.54, 1.807) is 35.5 Å². The molecule has 0 radical (unpaired) electrons. The zero-order valence-electron chi connectivity index (χ0n) is 11.7. The van der Waals surface area contributed by atoms with Crippen molar-refractivity contribution in [1.29, 1.82) is 0 Å². The zero-order valence-corrected chi connectivity index (χ0v) is 11.7. The van der Waals surface area contributed by atoms with Gasteiger partial charge in [-0.05, 0) is 24.3 Å². The van der Waals surface area contributed by atoms with Crippen LogP contribution in [0.2, 0.25) is 0 Å². The van der Waals surface area contributed by atoms with Crippen LogP contribution in [0.5, 0.6) is 0 Å². The molecule has 0 saturated heterocycles. The maximum absolute atomic E-state index is 12.5. The van der Waals surface area contributed by atoms with E-state index in [-0.39, 0.29) is 11.8 Å². The lowest BCUT2D eigenvalue weighted by molar-refractivity contribution is -0.114. The number of benzene rings is 1. The van der Waals surface area contributed by atoms with E-state index >= 15 is 0 Å². The van der Waals surface area contributed by atoms with E-state index in [4.69, 9.17) is 0 Å². The molecule has 0 spiro atoms. The van der Waals surface area contributed by atoms with Crippen LogP contribution in [0.1, 0.15) is 28.7 Å². The maximum Gasteiger partial charge on any atom is 0.254 e. The van der Waals surface area contributed by atoms with Crippen LogP contribution in [-0.2, 0) is 17.8 Å². The minimum atomic E-state index is -0.128. The highest BCUT2D eigenvalue weighted by Gasteiger charge is 2.23. The van der Waals surface area contributed by atoms with Crippen LogP contribution in [0.3, 0.4) is 0 Å². The molecule has 1 aromatic heterocycles. The number of amides is 2. The zero-order chi connectivity index (χ0) is 14.8. The average molecular weight is 284 g/mol. The molecule has 2 amide bonds. The highest BCUT2D eigenvalue weighted by molar-refractivity contribution is 5.95. The summed E-state index contributed by atoms with van der Waals surface area (Å²) in [6, 6.07) is 6.94. The summed E-state index contributed by atoms with van der Waals surface area (Å²) in [5.74, 6) is -0.137. The number of hydrogen-bond acceptors (Lipinski definition) is 3. The number of nitrogens with zero attached hydrogens (tertiary/aromatic N) is 2. The molecule has 1 aromatic carbocycles. The normalized spacial score (nSPS) is 13.7. The van der Waals surface area contributed by atoms with Crippen molar-refractivity contribution < 1.29 is 9.59 Å². The number of fused-ring (bicyclic) bond motifs is 1. The number of hydrogen-bond donors (Lipinski definition) is 2. The minimum absolute atomic E-state index is 0.00961. The summed E-state index contributed by atoms with van der Waals surface area (Å²) in [6.45, 7) is 2.68. The van der Waals surface area contributed by atoms with Crippen LogP contribution in [0.15, 0.2) is 30.6 Å². The third kappa shape index (κ3) is 2.79. The van der Waals surface area contributed by atoms with E-state index in [2.05, 4.69) is 15.3 Å². The van der Waals surface area contributed by atoms with Crippen molar-refractivity contribution in [3.05, 3.63) is 47.5 Å². The monoisotopic (exact) mass is 284 g/mol. The number of aromatic nitrogens is 2. The molecule has 0 aliphatic carbocycles. The second kappa shape index (κ2) is 5.40. The van der Waals surface area contributed by atoms with Crippen molar-refractivity contribution in [2.45, 2.75) is 19.9 Å². The molecule has 2 heterocycles. The van der Waals surface area contributed by atoms with Crippen molar-refractivity contribution in [3.63, 3.8) is 0 Å². The van der Waals surface area contributed by atoms with Gasteiger partial charge in [-0.3, -0.25) is 9.59 Å². The van der Waals surface area contributed by atoms with Gasteiger partial charge in [-0.2, -0.15) is 0 Å². The molecule has 2 aromatic rings. The van der Waals surface area contributed by atoms with E-state index in [0.717, 1.165) is 17.8 Å². The van der Waals surface area contributed by atoms with Gasteiger partial charge >= 0.3 is 0 Å². The first-order valence-corrected chi connectivity index (χ1v) is 6.81. The SMILES string of the molecule is CC(=O)Nc1ccc(C(=O)N2CCc3nc[nH]c3C2)cc1. The molecule has 0 bridgehead atoms. The Kier molecular flexibility index (Phi) is 3.43. The number of rotatable bonds is 2. The molecule has 0 atom stereocenters. The molecule has 2 N–H and O–H groups in total. The quantitative estimate of drug-likeness (QED) is 0.878. The lowest BCUT2D eigenvalue weighted by Gasteiger charge is -2.26. The minimum Gasteiger partial charge on any atom is -0.347 e. The predicted octanol–water partition coefficient (Wildman–Crippen LogP) is 1.57. The molecule has 21 heavy (non-hydrogen) atoms.